The molecule has 2 aromatic rings. The Hall–Kier alpha value is -2.70. The summed E-state index contributed by atoms with van der Waals surface area (Å²) < 4.78 is 18.8. The second kappa shape index (κ2) is 6.60. The van der Waals surface area contributed by atoms with Gasteiger partial charge in [0.25, 0.3) is 5.69 Å². The van der Waals surface area contributed by atoms with Crippen LogP contribution in [0.5, 0.6) is 5.88 Å². The number of hydrogen-bond donors (Lipinski definition) is 1. The minimum Gasteiger partial charge on any atom is -0.477 e. The molecule has 3 rings (SSSR count). The molecule has 23 heavy (non-hydrogen) atoms. The number of ether oxygens (including phenoxy) is 1. The SMILES string of the molecule is O=[N+]([O-])c1ccc(F)cc1NCc1ccc(OCC2CC2)nc1. The summed E-state index contributed by atoms with van der Waals surface area (Å²) in [5.74, 6) is 0.698. The highest BCUT2D eigenvalue weighted by Gasteiger charge is 2.22. The lowest BCUT2D eigenvalue weighted by molar-refractivity contribution is -0.384. The molecule has 1 fully saturated rings. The fraction of sp³-hybridized carbons (Fsp3) is 0.312. The number of aromatic nitrogens is 1. The summed E-state index contributed by atoms with van der Waals surface area (Å²) in [6, 6.07) is 6.91. The molecular formula is C16H16FN3O3. The van der Waals surface area contributed by atoms with E-state index in [0.29, 0.717) is 24.9 Å². The fourth-order valence-electron chi connectivity index (χ4n) is 2.09. The summed E-state index contributed by atoms with van der Waals surface area (Å²) in [7, 11) is 0. The van der Waals surface area contributed by atoms with Gasteiger partial charge in [-0.1, -0.05) is 6.07 Å². The second-order valence-corrected chi connectivity index (χ2v) is 5.53. The number of nitrogens with one attached hydrogen (secondary N) is 1. The number of nitro benzene ring substituents is 1. The Balaban J connectivity index is 1.61. The van der Waals surface area contributed by atoms with Gasteiger partial charge in [-0.05, 0) is 30.4 Å². The lowest BCUT2D eigenvalue weighted by Gasteiger charge is -2.08. The molecule has 7 heteroatoms. The molecule has 0 aliphatic heterocycles. The van der Waals surface area contributed by atoms with E-state index < -0.39 is 10.7 Å². The van der Waals surface area contributed by atoms with Crippen molar-refractivity contribution >= 4 is 11.4 Å². The van der Waals surface area contributed by atoms with Crippen LogP contribution in [0.1, 0.15) is 18.4 Å². The second-order valence-electron chi connectivity index (χ2n) is 5.53. The van der Waals surface area contributed by atoms with Crippen LogP contribution in [0, 0.1) is 21.8 Å². The largest absolute Gasteiger partial charge is 0.477 e. The molecular weight excluding hydrogens is 301 g/mol. The smallest absolute Gasteiger partial charge is 0.292 e. The van der Waals surface area contributed by atoms with Crippen molar-refractivity contribution in [1.29, 1.82) is 0 Å². The van der Waals surface area contributed by atoms with Gasteiger partial charge in [-0.15, -0.1) is 0 Å². The highest BCUT2D eigenvalue weighted by atomic mass is 19.1. The van der Waals surface area contributed by atoms with E-state index in [0.717, 1.165) is 23.8 Å². The monoisotopic (exact) mass is 317 g/mol. The van der Waals surface area contributed by atoms with Crippen LogP contribution in [-0.4, -0.2) is 16.5 Å². The highest BCUT2D eigenvalue weighted by molar-refractivity contribution is 5.61. The summed E-state index contributed by atoms with van der Waals surface area (Å²) >= 11 is 0. The summed E-state index contributed by atoms with van der Waals surface area (Å²) in [5, 5.41) is 13.8. The molecule has 1 aliphatic carbocycles. The first kappa shape index (κ1) is 15.2. The van der Waals surface area contributed by atoms with Crippen molar-refractivity contribution in [2.75, 3.05) is 11.9 Å². The minimum absolute atomic E-state index is 0.143. The molecule has 0 amide bonds. The van der Waals surface area contributed by atoms with Crippen LogP contribution in [0.15, 0.2) is 36.5 Å². The molecule has 6 nitrogen and oxygen atoms in total. The number of nitro groups is 1. The average molecular weight is 317 g/mol. The van der Waals surface area contributed by atoms with Crippen LogP contribution in [0.3, 0.4) is 0 Å². The van der Waals surface area contributed by atoms with Crippen LogP contribution in [0.2, 0.25) is 0 Å². The van der Waals surface area contributed by atoms with Gasteiger partial charge >= 0.3 is 0 Å². The number of rotatable bonds is 7. The van der Waals surface area contributed by atoms with Gasteiger partial charge < -0.3 is 10.1 Å². The molecule has 1 saturated carbocycles. The molecule has 1 N–H and O–H groups in total. The van der Waals surface area contributed by atoms with E-state index in [9.17, 15) is 14.5 Å². The Kier molecular flexibility index (Phi) is 4.36. The van der Waals surface area contributed by atoms with Gasteiger partial charge in [0.1, 0.15) is 11.5 Å². The molecule has 0 spiro atoms. The highest BCUT2D eigenvalue weighted by Crippen LogP contribution is 2.29. The molecule has 1 heterocycles. The third kappa shape index (κ3) is 4.15. The first-order chi connectivity index (χ1) is 11.1. The molecule has 0 saturated heterocycles. The Bertz CT molecular complexity index is 702. The molecule has 0 bridgehead atoms. The van der Waals surface area contributed by atoms with E-state index >= 15 is 0 Å². The maximum Gasteiger partial charge on any atom is 0.292 e. The van der Waals surface area contributed by atoms with E-state index in [2.05, 4.69) is 10.3 Å². The van der Waals surface area contributed by atoms with Crippen molar-refractivity contribution < 1.29 is 14.1 Å². The Morgan fingerprint density at radius 3 is 2.83 bits per heavy atom. The van der Waals surface area contributed by atoms with Gasteiger partial charge in [-0.2, -0.15) is 0 Å². The molecule has 1 aromatic heterocycles. The van der Waals surface area contributed by atoms with Crippen LogP contribution in [0.4, 0.5) is 15.8 Å². The zero-order valence-electron chi connectivity index (χ0n) is 12.4. The van der Waals surface area contributed by atoms with Crippen LogP contribution >= 0.6 is 0 Å². The summed E-state index contributed by atoms with van der Waals surface area (Å²) in [5.41, 5.74) is 0.801. The van der Waals surface area contributed by atoms with Crippen LogP contribution < -0.4 is 10.1 Å². The average Bonchev–Trinajstić information content (AvgIpc) is 3.36. The first-order valence-corrected chi connectivity index (χ1v) is 7.37. The van der Waals surface area contributed by atoms with Gasteiger partial charge in [-0.3, -0.25) is 10.1 Å². The van der Waals surface area contributed by atoms with E-state index in [4.69, 9.17) is 4.74 Å². The van der Waals surface area contributed by atoms with Gasteiger partial charge in [0, 0.05) is 30.9 Å². The molecule has 0 unspecified atom stereocenters. The quantitative estimate of drug-likeness (QED) is 0.624. The number of nitrogens with zero attached hydrogens (tertiary/aromatic N) is 2. The Labute approximate surface area is 132 Å². The third-order valence-corrected chi connectivity index (χ3v) is 3.60. The van der Waals surface area contributed by atoms with E-state index in [1.165, 1.54) is 12.8 Å². The lowest BCUT2D eigenvalue weighted by Crippen LogP contribution is -2.04. The van der Waals surface area contributed by atoms with E-state index in [1.54, 1.807) is 12.3 Å². The normalized spacial score (nSPS) is 13.6. The van der Waals surface area contributed by atoms with Gasteiger partial charge in [0.2, 0.25) is 5.88 Å². The molecule has 0 atom stereocenters. The standard InChI is InChI=1S/C16H16FN3O3/c17-13-4-5-15(20(21)22)14(7-13)18-8-12-3-6-16(19-9-12)23-10-11-1-2-11/h3-7,9,11,18H,1-2,8,10H2. The first-order valence-electron chi connectivity index (χ1n) is 7.37. The maximum absolute atomic E-state index is 13.3. The molecule has 120 valence electrons. The fourth-order valence-corrected chi connectivity index (χ4v) is 2.09. The third-order valence-electron chi connectivity index (χ3n) is 3.60. The van der Waals surface area contributed by atoms with Crippen molar-refractivity contribution in [2.45, 2.75) is 19.4 Å². The predicted octanol–water partition coefficient (Wildman–Crippen LogP) is 3.53. The van der Waals surface area contributed by atoms with E-state index in [1.807, 2.05) is 6.07 Å². The summed E-state index contributed by atoms with van der Waals surface area (Å²) in [6.45, 7) is 1.00. The molecule has 1 aromatic carbocycles. The molecule has 0 radical (unpaired) electrons. The van der Waals surface area contributed by atoms with Gasteiger partial charge in [-0.25, -0.2) is 9.37 Å². The van der Waals surface area contributed by atoms with Crippen molar-refractivity contribution in [2.24, 2.45) is 5.92 Å². The Morgan fingerprint density at radius 2 is 2.17 bits per heavy atom. The number of pyridine rings is 1. The Morgan fingerprint density at radius 1 is 1.35 bits per heavy atom. The van der Waals surface area contributed by atoms with Crippen molar-refractivity contribution in [1.82, 2.24) is 4.98 Å². The number of benzene rings is 1. The summed E-state index contributed by atoms with van der Waals surface area (Å²) in [4.78, 5) is 14.6. The minimum atomic E-state index is -0.547. The number of halogens is 1. The number of anilines is 1. The van der Waals surface area contributed by atoms with Crippen molar-refractivity contribution in [3.8, 4) is 5.88 Å². The van der Waals surface area contributed by atoms with Crippen molar-refractivity contribution in [3.63, 3.8) is 0 Å². The van der Waals surface area contributed by atoms with Crippen LogP contribution in [0.25, 0.3) is 0 Å². The zero-order chi connectivity index (χ0) is 16.2. The lowest BCUT2D eigenvalue weighted by atomic mass is 10.2. The van der Waals surface area contributed by atoms with Gasteiger partial charge in [0.05, 0.1) is 11.5 Å². The topological polar surface area (TPSA) is 77.3 Å². The van der Waals surface area contributed by atoms with E-state index in [-0.39, 0.29) is 11.4 Å². The molecule has 1 aliphatic rings. The van der Waals surface area contributed by atoms with Crippen LogP contribution in [-0.2, 0) is 6.54 Å². The predicted molar refractivity (Wildman–Crippen MR) is 82.8 cm³/mol. The zero-order valence-corrected chi connectivity index (χ0v) is 12.4. The van der Waals surface area contributed by atoms with Gasteiger partial charge in [0.15, 0.2) is 0 Å². The number of hydrogen-bond acceptors (Lipinski definition) is 5. The summed E-state index contributed by atoms with van der Waals surface area (Å²) in [6.07, 6.45) is 4.07. The maximum atomic E-state index is 13.3. The van der Waals surface area contributed by atoms with Crippen molar-refractivity contribution in [3.05, 3.63) is 58.0 Å².